The molecule has 0 atom stereocenters. The van der Waals surface area contributed by atoms with Gasteiger partial charge >= 0.3 is 0 Å². The summed E-state index contributed by atoms with van der Waals surface area (Å²) in [6, 6.07) is 12.2. The number of benzene rings is 1. The van der Waals surface area contributed by atoms with Crippen LogP contribution < -0.4 is 5.73 Å². The maximum absolute atomic E-state index is 5.65. The van der Waals surface area contributed by atoms with Gasteiger partial charge in [0, 0.05) is 18.9 Å². The number of nitrogens with two attached hydrogens (primary N) is 1. The van der Waals surface area contributed by atoms with Crippen LogP contribution in [0.1, 0.15) is 5.56 Å². The van der Waals surface area contributed by atoms with E-state index in [0.29, 0.717) is 6.54 Å². The van der Waals surface area contributed by atoms with Gasteiger partial charge in [0.15, 0.2) is 0 Å². The van der Waals surface area contributed by atoms with Crippen molar-refractivity contribution >= 4 is 24.8 Å². The molecule has 0 amide bonds. The van der Waals surface area contributed by atoms with Crippen molar-refractivity contribution in [2.45, 2.75) is 6.54 Å². The molecule has 2 rings (SSSR count). The van der Waals surface area contributed by atoms with Crippen LogP contribution in [0.4, 0.5) is 0 Å². The number of rotatable bonds is 2. The Bertz CT molecular complexity index is 418. The number of nitrogens with zero attached hydrogens (tertiary/aromatic N) is 1. The lowest BCUT2D eigenvalue weighted by Gasteiger charge is -2.06. The fourth-order valence-electron chi connectivity index (χ4n) is 1.49. The summed E-state index contributed by atoms with van der Waals surface area (Å²) >= 11 is 0. The summed E-state index contributed by atoms with van der Waals surface area (Å²) in [6.07, 6.45) is 3.61. The zero-order valence-electron chi connectivity index (χ0n) is 8.67. The summed E-state index contributed by atoms with van der Waals surface area (Å²) in [5.41, 5.74) is 9.09. The highest BCUT2D eigenvalue weighted by atomic mass is 35.5. The van der Waals surface area contributed by atoms with E-state index in [1.807, 2.05) is 30.5 Å². The molecule has 0 fully saturated rings. The number of pyridine rings is 1. The number of halogens is 2. The Morgan fingerprint density at radius 2 is 1.69 bits per heavy atom. The van der Waals surface area contributed by atoms with E-state index in [1.54, 1.807) is 6.20 Å². The van der Waals surface area contributed by atoms with Crippen LogP contribution in [0.3, 0.4) is 0 Å². The van der Waals surface area contributed by atoms with Crippen LogP contribution in [0.2, 0.25) is 0 Å². The summed E-state index contributed by atoms with van der Waals surface area (Å²) in [4.78, 5) is 4.06. The van der Waals surface area contributed by atoms with Gasteiger partial charge in [-0.05, 0) is 22.8 Å². The van der Waals surface area contributed by atoms with E-state index in [1.165, 1.54) is 11.1 Å². The molecule has 0 saturated carbocycles. The Morgan fingerprint density at radius 1 is 1.00 bits per heavy atom. The SMILES string of the molecule is Cl.Cl.NCc1cnccc1-c1ccccc1. The topological polar surface area (TPSA) is 38.9 Å². The minimum absolute atomic E-state index is 0. The highest BCUT2D eigenvalue weighted by Crippen LogP contribution is 2.21. The summed E-state index contributed by atoms with van der Waals surface area (Å²) in [7, 11) is 0. The van der Waals surface area contributed by atoms with Crippen molar-refractivity contribution in [3.05, 3.63) is 54.4 Å². The molecule has 1 aromatic heterocycles. The van der Waals surface area contributed by atoms with E-state index in [4.69, 9.17) is 5.73 Å². The van der Waals surface area contributed by atoms with E-state index in [9.17, 15) is 0 Å². The van der Waals surface area contributed by atoms with Crippen molar-refractivity contribution < 1.29 is 0 Å². The molecule has 4 heteroatoms. The average Bonchev–Trinajstić information content (AvgIpc) is 2.30. The number of aromatic nitrogens is 1. The number of hydrogen-bond donors (Lipinski definition) is 1. The van der Waals surface area contributed by atoms with E-state index in [-0.39, 0.29) is 24.8 Å². The molecule has 2 nitrogen and oxygen atoms in total. The first-order valence-electron chi connectivity index (χ1n) is 4.60. The molecule has 0 radical (unpaired) electrons. The summed E-state index contributed by atoms with van der Waals surface area (Å²) in [5, 5.41) is 0. The van der Waals surface area contributed by atoms with Crippen molar-refractivity contribution in [1.29, 1.82) is 0 Å². The Morgan fingerprint density at radius 3 is 2.31 bits per heavy atom. The molecule has 0 aliphatic carbocycles. The first-order valence-corrected chi connectivity index (χ1v) is 4.60. The van der Waals surface area contributed by atoms with Crippen LogP contribution in [0.15, 0.2) is 48.8 Å². The number of hydrogen-bond acceptors (Lipinski definition) is 2. The summed E-state index contributed by atoms with van der Waals surface area (Å²) in [5.74, 6) is 0. The summed E-state index contributed by atoms with van der Waals surface area (Å²) < 4.78 is 0. The third kappa shape index (κ3) is 3.20. The Balaban J connectivity index is 0.00000112. The zero-order valence-corrected chi connectivity index (χ0v) is 10.3. The van der Waals surface area contributed by atoms with Crippen LogP contribution >= 0.6 is 24.8 Å². The Labute approximate surface area is 108 Å². The molecular formula is C12H14Cl2N2. The quantitative estimate of drug-likeness (QED) is 0.898. The van der Waals surface area contributed by atoms with Crippen LogP contribution in [-0.2, 0) is 6.54 Å². The molecule has 1 heterocycles. The van der Waals surface area contributed by atoms with E-state index in [0.717, 1.165) is 5.56 Å². The summed E-state index contributed by atoms with van der Waals surface area (Å²) in [6.45, 7) is 0.526. The predicted octanol–water partition coefficient (Wildman–Crippen LogP) is 3.05. The maximum Gasteiger partial charge on any atom is 0.0318 e. The third-order valence-electron chi connectivity index (χ3n) is 2.21. The predicted molar refractivity (Wildman–Crippen MR) is 72.1 cm³/mol. The second-order valence-corrected chi connectivity index (χ2v) is 3.10. The normalized spacial score (nSPS) is 8.81. The van der Waals surface area contributed by atoms with Crippen LogP contribution in [0.5, 0.6) is 0 Å². The maximum atomic E-state index is 5.65. The highest BCUT2D eigenvalue weighted by molar-refractivity contribution is 5.85. The minimum Gasteiger partial charge on any atom is -0.326 e. The first-order chi connectivity index (χ1) is 6.92. The monoisotopic (exact) mass is 256 g/mol. The molecule has 0 unspecified atom stereocenters. The van der Waals surface area contributed by atoms with E-state index >= 15 is 0 Å². The lowest BCUT2D eigenvalue weighted by Crippen LogP contribution is -1.99. The average molecular weight is 257 g/mol. The molecule has 0 spiro atoms. The second-order valence-electron chi connectivity index (χ2n) is 3.10. The van der Waals surface area contributed by atoms with Gasteiger partial charge in [-0.1, -0.05) is 30.3 Å². The van der Waals surface area contributed by atoms with Gasteiger partial charge in [0.25, 0.3) is 0 Å². The van der Waals surface area contributed by atoms with Gasteiger partial charge in [0.05, 0.1) is 0 Å². The van der Waals surface area contributed by atoms with Crippen molar-refractivity contribution in [1.82, 2.24) is 4.98 Å². The molecule has 16 heavy (non-hydrogen) atoms. The molecular weight excluding hydrogens is 243 g/mol. The lowest BCUT2D eigenvalue weighted by molar-refractivity contribution is 1.05. The molecule has 1 aromatic carbocycles. The highest BCUT2D eigenvalue weighted by Gasteiger charge is 2.01. The largest absolute Gasteiger partial charge is 0.326 e. The lowest BCUT2D eigenvalue weighted by atomic mass is 10.0. The van der Waals surface area contributed by atoms with Crippen LogP contribution in [-0.4, -0.2) is 4.98 Å². The molecule has 86 valence electrons. The molecule has 0 aliphatic rings. The standard InChI is InChI=1S/C12H12N2.2ClH/c13-8-11-9-14-7-6-12(11)10-4-2-1-3-5-10;;/h1-7,9H,8,13H2;2*1H. The van der Waals surface area contributed by atoms with Gasteiger partial charge < -0.3 is 5.73 Å². The van der Waals surface area contributed by atoms with E-state index < -0.39 is 0 Å². The second kappa shape index (κ2) is 7.23. The third-order valence-corrected chi connectivity index (χ3v) is 2.21. The van der Waals surface area contributed by atoms with Crippen LogP contribution in [0, 0.1) is 0 Å². The molecule has 0 saturated heterocycles. The zero-order chi connectivity index (χ0) is 9.80. The Hall–Kier alpha value is -1.09. The smallest absolute Gasteiger partial charge is 0.0318 e. The van der Waals surface area contributed by atoms with Crippen LogP contribution in [0.25, 0.3) is 11.1 Å². The van der Waals surface area contributed by atoms with Crippen molar-refractivity contribution in [2.24, 2.45) is 5.73 Å². The van der Waals surface area contributed by atoms with Crippen molar-refractivity contribution in [3.63, 3.8) is 0 Å². The van der Waals surface area contributed by atoms with Gasteiger partial charge in [-0.3, -0.25) is 4.98 Å². The Kier molecular flexibility index (Phi) is 6.74. The van der Waals surface area contributed by atoms with Crippen molar-refractivity contribution in [3.8, 4) is 11.1 Å². The van der Waals surface area contributed by atoms with Gasteiger partial charge in [0.2, 0.25) is 0 Å². The molecule has 0 bridgehead atoms. The van der Waals surface area contributed by atoms with E-state index in [2.05, 4.69) is 17.1 Å². The minimum atomic E-state index is 0. The molecule has 2 N–H and O–H groups in total. The van der Waals surface area contributed by atoms with Gasteiger partial charge in [-0.25, -0.2) is 0 Å². The fourth-order valence-corrected chi connectivity index (χ4v) is 1.49. The molecule has 2 aromatic rings. The van der Waals surface area contributed by atoms with Gasteiger partial charge in [-0.15, -0.1) is 24.8 Å². The van der Waals surface area contributed by atoms with Gasteiger partial charge in [-0.2, -0.15) is 0 Å². The first kappa shape index (κ1) is 14.9. The molecule has 0 aliphatic heterocycles. The van der Waals surface area contributed by atoms with Crippen molar-refractivity contribution in [2.75, 3.05) is 0 Å². The fraction of sp³-hybridized carbons (Fsp3) is 0.0833. The van der Waals surface area contributed by atoms with Gasteiger partial charge in [0.1, 0.15) is 0 Å².